The first-order valence-electron chi connectivity index (χ1n) is 13.0. The van der Waals surface area contributed by atoms with Crippen molar-refractivity contribution in [3.05, 3.63) is 99.4 Å². The van der Waals surface area contributed by atoms with Gasteiger partial charge >= 0.3 is 11.9 Å². The first-order valence-corrected chi connectivity index (χ1v) is 13.0. The molecular formula is C29H26F3N7O4. The fourth-order valence-corrected chi connectivity index (χ4v) is 4.89. The van der Waals surface area contributed by atoms with Crippen LogP contribution in [0.2, 0.25) is 0 Å². The van der Waals surface area contributed by atoms with Crippen LogP contribution in [0.4, 0.5) is 18.9 Å². The molecule has 0 aliphatic heterocycles. The molecule has 2 amide bonds. The highest BCUT2D eigenvalue weighted by Gasteiger charge is 2.36. The van der Waals surface area contributed by atoms with Crippen LogP contribution < -0.4 is 16.7 Å². The van der Waals surface area contributed by atoms with Gasteiger partial charge in [-0.15, -0.1) is 0 Å². The van der Waals surface area contributed by atoms with E-state index in [2.05, 4.69) is 15.5 Å². The first-order chi connectivity index (χ1) is 20.4. The number of alkyl halides is 3. The molecule has 14 heteroatoms. The van der Waals surface area contributed by atoms with Crippen LogP contribution in [0.1, 0.15) is 37.8 Å². The number of nitrogens with one attached hydrogen (secondary N) is 1. The van der Waals surface area contributed by atoms with E-state index in [0.29, 0.717) is 22.6 Å². The van der Waals surface area contributed by atoms with Gasteiger partial charge in [0.25, 0.3) is 5.91 Å². The van der Waals surface area contributed by atoms with Gasteiger partial charge < -0.3 is 15.8 Å². The van der Waals surface area contributed by atoms with E-state index >= 15 is 0 Å². The number of aryl methyl sites for hydroxylation is 2. The van der Waals surface area contributed by atoms with Crippen molar-refractivity contribution in [2.75, 3.05) is 19.0 Å². The minimum atomic E-state index is -4.78. The van der Waals surface area contributed by atoms with Crippen LogP contribution in [-0.4, -0.2) is 49.5 Å². The highest BCUT2D eigenvalue weighted by molar-refractivity contribution is 6.10. The van der Waals surface area contributed by atoms with Crippen LogP contribution in [0, 0.1) is 6.92 Å². The second-order valence-corrected chi connectivity index (χ2v) is 9.70. The Hall–Kier alpha value is -5.24. The molecule has 0 aliphatic carbocycles. The molecule has 0 atom stereocenters. The Bertz CT molecular complexity index is 1920. The van der Waals surface area contributed by atoms with Gasteiger partial charge in [0, 0.05) is 43.0 Å². The Morgan fingerprint density at radius 1 is 1.05 bits per heavy atom. The average Bonchev–Trinajstić information content (AvgIpc) is 3.46. The number of pyridine rings is 1. The smallest absolute Gasteiger partial charge is 0.384 e. The molecule has 0 fully saturated rings. The topological polar surface area (TPSA) is 139 Å². The molecule has 43 heavy (non-hydrogen) atoms. The van der Waals surface area contributed by atoms with Gasteiger partial charge in [-0.2, -0.15) is 23.4 Å². The molecule has 0 saturated carbocycles. The Balaban J connectivity index is 1.67. The van der Waals surface area contributed by atoms with E-state index < -0.39 is 23.7 Å². The maximum atomic E-state index is 14.2. The van der Waals surface area contributed by atoms with Crippen molar-refractivity contribution in [3.63, 3.8) is 0 Å². The van der Waals surface area contributed by atoms with Crippen LogP contribution in [0.15, 0.2) is 65.5 Å². The summed E-state index contributed by atoms with van der Waals surface area (Å²) >= 11 is 0. The quantitative estimate of drug-likeness (QED) is 0.281. The Morgan fingerprint density at radius 2 is 1.77 bits per heavy atom. The number of anilines is 1. The van der Waals surface area contributed by atoms with Crippen molar-refractivity contribution in [1.82, 2.24) is 24.0 Å². The Morgan fingerprint density at radius 3 is 2.37 bits per heavy atom. The summed E-state index contributed by atoms with van der Waals surface area (Å²) in [7, 11) is 2.98. The summed E-state index contributed by atoms with van der Waals surface area (Å²) in [4.78, 5) is 37.6. The number of amides is 2. The maximum Gasteiger partial charge on any atom is 0.433 e. The van der Waals surface area contributed by atoms with E-state index in [1.807, 2.05) is 0 Å². The van der Waals surface area contributed by atoms with Crippen molar-refractivity contribution in [2.45, 2.75) is 19.5 Å². The largest absolute Gasteiger partial charge is 0.433 e. The molecule has 0 bridgehead atoms. The predicted octanol–water partition coefficient (Wildman–Crippen LogP) is 3.75. The molecule has 11 nitrogen and oxygen atoms in total. The van der Waals surface area contributed by atoms with Crippen LogP contribution in [0.25, 0.3) is 22.5 Å². The van der Waals surface area contributed by atoms with Gasteiger partial charge in [0.05, 0.1) is 29.1 Å². The average molecular weight is 594 g/mol. The van der Waals surface area contributed by atoms with Gasteiger partial charge in [0.1, 0.15) is 11.5 Å². The lowest BCUT2D eigenvalue weighted by atomic mass is 10.0. The molecular weight excluding hydrogens is 567 g/mol. The molecule has 0 spiro atoms. The lowest BCUT2D eigenvalue weighted by molar-refractivity contribution is -0.142. The van der Waals surface area contributed by atoms with Crippen LogP contribution in [0.5, 0.6) is 0 Å². The number of fused-ring (bicyclic) bond motifs is 1. The van der Waals surface area contributed by atoms with Gasteiger partial charge in [-0.05, 0) is 49.4 Å². The number of carbonyl (C=O) groups is 2. The summed E-state index contributed by atoms with van der Waals surface area (Å²) in [6.45, 7) is 1.81. The zero-order valence-electron chi connectivity index (χ0n) is 23.3. The van der Waals surface area contributed by atoms with Gasteiger partial charge in [-0.3, -0.25) is 9.59 Å². The number of hydrogen-bond donors (Lipinski definition) is 2. The van der Waals surface area contributed by atoms with E-state index in [0.717, 1.165) is 16.6 Å². The molecule has 0 unspecified atom stereocenters. The van der Waals surface area contributed by atoms with Gasteiger partial charge in [-0.1, -0.05) is 18.2 Å². The highest BCUT2D eigenvalue weighted by Crippen LogP contribution is 2.36. The second-order valence-electron chi connectivity index (χ2n) is 9.70. The molecule has 3 aromatic heterocycles. The number of halogens is 3. The van der Waals surface area contributed by atoms with Gasteiger partial charge in [-0.25, -0.2) is 18.6 Å². The summed E-state index contributed by atoms with van der Waals surface area (Å²) in [5.41, 5.74) is 5.70. The minimum absolute atomic E-state index is 0.0474. The van der Waals surface area contributed by atoms with Crippen LogP contribution in [-0.2, 0) is 24.4 Å². The summed E-state index contributed by atoms with van der Waals surface area (Å²) in [5.74, 6) is -0.960. The van der Waals surface area contributed by atoms with E-state index in [1.165, 1.54) is 47.7 Å². The molecule has 2 aromatic carbocycles. The van der Waals surface area contributed by atoms with Crippen molar-refractivity contribution in [3.8, 4) is 16.9 Å². The number of nitrogens with zero attached hydrogens (tertiary/aromatic N) is 5. The van der Waals surface area contributed by atoms with Gasteiger partial charge in [0.15, 0.2) is 0 Å². The lowest BCUT2D eigenvalue weighted by Crippen LogP contribution is -2.21. The number of hydrogen-bond acceptors (Lipinski definition) is 6. The highest BCUT2D eigenvalue weighted by atomic mass is 19.4. The van der Waals surface area contributed by atoms with Crippen molar-refractivity contribution >= 4 is 23.0 Å². The fraction of sp³-hybridized carbons (Fsp3) is 0.207. The predicted molar refractivity (Wildman–Crippen MR) is 151 cm³/mol. The molecule has 222 valence electrons. The third kappa shape index (κ3) is 5.51. The Labute approximate surface area is 242 Å². The van der Waals surface area contributed by atoms with Crippen molar-refractivity contribution in [2.24, 2.45) is 12.8 Å². The monoisotopic (exact) mass is 593 g/mol. The van der Waals surface area contributed by atoms with Crippen LogP contribution in [0.3, 0.4) is 0 Å². The number of aromatic nitrogens is 5. The summed E-state index contributed by atoms with van der Waals surface area (Å²) in [6.07, 6.45) is -4.65. The molecule has 0 aliphatic rings. The third-order valence-corrected chi connectivity index (χ3v) is 6.86. The second kappa shape index (κ2) is 11.2. The number of ether oxygens (including phenoxy) is 1. The van der Waals surface area contributed by atoms with Crippen molar-refractivity contribution in [1.29, 1.82) is 0 Å². The third-order valence-electron chi connectivity index (χ3n) is 6.86. The van der Waals surface area contributed by atoms with E-state index in [9.17, 15) is 27.6 Å². The molecule has 5 rings (SSSR count). The zero-order valence-corrected chi connectivity index (χ0v) is 23.3. The fourth-order valence-electron chi connectivity index (χ4n) is 4.89. The van der Waals surface area contributed by atoms with E-state index in [-0.39, 0.29) is 46.7 Å². The lowest BCUT2D eigenvalue weighted by Gasteiger charge is -2.13. The normalized spacial score (nSPS) is 11.7. The maximum absolute atomic E-state index is 14.2. The molecule has 0 radical (unpaired) electrons. The number of benzene rings is 2. The van der Waals surface area contributed by atoms with Crippen LogP contribution >= 0.6 is 0 Å². The van der Waals surface area contributed by atoms with Gasteiger partial charge in [0.2, 0.25) is 5.91 Å². The summed E-state index contributed by atoms with van der Waals surface area (Å²) in [5, 5.41) is 11.1. The standard InChI is InChI=1S/C29H26F3N7O4/c1-16-35-37(2)28(42)38(16)20-9-7-17(8-10-20)24-21(13-14-43-3)25-22(11-12-23(29(30,31)32)39(25)36-24)27(41)34-19-6-4-5-18(15-19)26(33)40/h4-12,15H,13-14H2,1-3H3,(H2,33,40)(H,34,41). The molecule has 5 aromatic rings. The summed E-state index contributed by atoms with van der Waals surface area (Å²) in [6, 6.07) is 14.3. The number of methoxy groups -OCH3 is 1. The number of carbonyl (C=O) groups excluding carboxylic acids is 2. The van der Waals surface area contributed by atoms with Crippen molar-refractivity contribution < 1.29 is 27.5 Å². The number of primary amides is 1. The Kier molecular flexibility index (Phi) is 7.63. The van der Waals surface area contributed by atoms with E-state index in [4.69, 9.17) is 10.5 Å². The zero-order chi connectivity index (χ0) is 31.1. The van der Waals surface area contributed by atoms with E-state index in [1.54, 1.807) is 31.2 Å². The summed E-state index contributed by atoms with van der Waals surface area (Å²) < 4.78 is 51.0. The first kappa shape index (κ1) is 29.3. The molecule has 3 heterocycles. The molecule has 0 saturated heterocycles. The SMILES string of the molecule is COCCc1c(-c2ccc(-n3c(C)nn(C)c3=O)cc2)nn2c(C(F)(F)F)ccc(C(=O)Nc3cccc(C(N)=O)c3)c12. The number of nitrogens with two attached hydrogens (primary N) is 1. The number of rotatable bonds is 8. The molecule has 3 N–H and O–H groups in total. The minimum Gasteiger partial charge on any atom is -0.384 e.